The quantitative estimate of drug-likeness (QED) is 0.471. The van der Waals surface area contributed by atoms with Crippen LogP contribution in [0.4, 0.5) is 0 Å². The van der Waals surface area contributed by atoms with E-state index in [0.717, 1.165) is 0 Å². The van der Waals surface area contributed by atoms with Crippen molar-refractivity contribution in [2.24, 2.45) is 7.05 Å². The molecule has 0 atom stereocenters. The minimum atomic E-state index is -0.289. The summed E-state index contributed by atoms with van der Waals surface area (Å²) in [6.45, 7) is 1.73. The molecule has 0 aliphatic carbocycles. The van der Waals surface area contributed by atoms with Gasteiger partial charge >= 0.3 is 68.9 Å². The number of hydrogen-bond acceptors (Lipinski definition) is 3. The zero-order valence-electron chi connectivity index (χ0n) is 5.75. The first-order valence-corrected chi connectivity index (χ1v) is 2.25. The van der Waals surface area contributed by atoms with Crippen molar-refractivity contribution in [2.45, 2.75) is 6.92 Å². The number of aryl methyl sites for hydroxylation is 1. The number of rotatable bonds is 0. The van der Waals surface area contributed by atoms with Gasteiger partial charge in [-0.05, 0) is 6.92 Å². The Kier molecular flexibility index (Phi) is 4.43. The fourth-order valence-electron chi connectivity index (χ4n) is 0.388. The van der Waals surface area contributed by atoms with E-state index in [0.29, 0.717) is 5.82 Å². The van der Waals surface area contributed by atoms with Crippen molar-refractivity contribution in [2.75, 3.05) is 0 Å². The van der Waals surface area contributed by atoms with E-state index in [-0.39, 0.29) is 74.9 Å². The van der Waals surface area contributed by atoms with Crippen molar-refractivity contribution < 1.29 is 74.0 Å². The molecule has 1 aromatic heterocycles. The van der Waals surface area contributed by atoms with Crippen molar-refractivity contribution in [3.63, 3.8) is 0 Å². The van der Waals surface area contributed by atoms with Gasteiger partial charge in [0, 0.05) is 7.05 Å². The van der Waals surface area contributed by atoms with E-state index in [4.69, 9.17) is 0 Å². The zero-order chi connectivity index (χ0) is 6.15. The molecule has 0 saturated carbocycles. The molecule has 0 unspecified atom stereocenters. The summed E-state index contributed by atoms with van der Waals surface area (Å²) in [5.41, 5.74) is 0. The third-order valence-electron chi connectivity index (χ3n) is 1.05. The molecule has 5 heteroatoms. The van der Waals surface area contributed by atoms with Gasteiger partial charge in [-0.1, -0.05) is 0 Å². The van der Waals surface area contributed by atoms with Gasteiger partial charge in [-0.3, -0.25) is 0 Å². The Morgan fingerprint density at radius 3 is 2.11 bits per heavy atom. The summed E-state index contributed by atoms with van der Waals surface area (Å²) in [5.74, 6) is 0.648. The van der Waals surface area contributed by atoms with E-state index in [1.807, 2.05) is 0 Å². The number of nitrogens with zero attached hydrogens (tertiary/aromatic N) is 3. The van der Waals surface area contributed by atoms with Gasteiger partial charge in [0.2, 0.25) is 0 Å². The average Bonchev–Trinajstić information content (AvgIpc) is 1.98. The smallest absolute Gasteiger partial charge is 0.844 e. The number of aromatic nitrogens is 3. The molecular formula is C4H6CsN3O. The van der Waals surface area contributed by atoms with Crippen LogP contribution in [0, 0.1) is 6.92 Å². The minimum absolute atomic E-state index is 0. The van der Waals surface area contributed by atoms with E-state index < -0.39 is 0 Å². The first kappa shape index (κ1) is 9.99. The predicted molar refractivity (Wildman–Crippen MR) is 25.2 cm³/mol. The van der Waals surface area contributed by atoms with Gasteiger partial charge in [-0.2, -0.15) is 0 Å². The SMILES string of the molecule is Cc1nnc([O-])n1C.[Cs+]. The third kappa shape index (κ3) is 2.25. The zero-order valence-corrected chi connectivity index (χ0v) is 12.0. The molecule has 4 nitrogen and oxygen atoms in total. The van der Waals surface area contributed by atoms with E-state index in [2.05, 4.69) is 10.2 Å². The Hall–Kier alpha value is 0.992. The van der Waals surface area contributed by atoms with Crippen LogP contribution < -0.4 is 74.0 Å². The number of hydrogen-bond donors (Lipinski definition) is 0. The fourth-order valence-corrected chi connectivity index (χ4v) is 0.388. The van der Waals surface area contributed by atoms with Crippen molar-refractivity contribution in [1.82, 2.24) is 14.8 Å². The summed E-state index contributed by atoms with van der Waals surface area (Å²) in [5, 5.41) is 17.2. The molecule has 0 N–H and O–H groups in total. The molecular weight excluding hydrogens is 239 g/mol. The maximum Gasteiger partial charge on any atom is 1.00 e. The van der Waals surface area contributed by atoms with Crippen molar-refractivity contribution in [1.29, 1.82) is 0 Å². The maximum atomic E-state index is 10.4. The first-order valence-electron chi connectivity index (χ1n) is 2.25. The summed E-state index contributed by atoms with van der Waals surface area (Å²) in [4.78, 5) is 0. The summed E-state index contributed by atoms with van der Waals surface area (Å²) in [6.07, 6.45) is 0. The molecule has 1 rings (SSSR count). The normalized spacial score (nSPS) is 8.67. The molecule has 0 aliphatic rings. The molecule has 0 aliphatic heterocycles. The molecule has 0 radical (unpaired) electrons. The van der Waals surface area contributed by atoms with Crippen molar-refractivity contribution in [3.05, 3.63) is 5.82 Å². The van der Waals surface area contributed by atoms with Gasteiger partial charge < -0.3 is 9.67 Å². The standard InChI is InChI=1S/C4H7N3O.Cs/c1-3-5-6-4(8)7(3)2;/h1-2H3,(H,6,8);/q;+1/p-1. The first-order chi connectivity index (χ1) is 3.72. The summed E-state index contributed by atoms with van der Waals surface area (Å²) in [7, 11) is 1.64. The second kappa shape index (κ2) is 3.99. The van der Waals surface area contributed by atoms with Crippen LogP contribution in [0.3, 0.4) is 0 Å². The van der Waals surface area contributed by atoms with Gasteiger partial charge in [0.05, 0.1) is 6.01 Å². The predicted octanol–water partition coefficient (Wildman–Crippen LogP) is -3.80. The van der Waals surface area contributed by atoms with Gasteiger partial charge in [0.25, 0.3) is 0 Å². The van der Waals surface area contributed by atoms with E-state index in [1.165, 1.54) is 4.57 Å². The maximum absolute atomic E-state index is 10.4. The molecule has 0 aromatic carbocycles. The van der Waals surface area contributed by atoms with Crippen LogP contribution in [-0.4, -0.2) is 14.8 Å². The topological polar surface area (TPSA) is 53.8 Å². The fraction of sp³-hybridized carbons (Fsp3) is 0.500. The summed E-state index contributed by atoms with van der Waals surface area (Å²) in [6, 6.07) is -0.289. The van der Waals surface area contributed by atoms with Crippen LogP contribution in [0.5, 0.6) is 6.01 Å². The van der Waals surface area contributed by atoms with Gasteiger partial charge in [0.15, 0.2) is 0 Å². The Bertz CT molecular complexity index is 178. The molecule has 0 amide bonds. The monoisotopic (exact) mass is 245 g/mol. The Morgan fingerprint density at radius 2 is 2.00 bits per heavy atom. The van der Waals surface area contributed by atoms with Crippen LogP contribution in [-0.2, 0) is 7.05 Å². The Balaban J connectivity index is 0.000000640. The minimum Gasteiger partial charge on any atom is -0.844 e. The summed E-state index contributed by atoms with van der Waals surface area (Å²) < 4.78 is 1.39. The largest absolute Gasteiger partial charge is 1.00 e. The third-order valence-corrected chi connectivity index (χ3v) is 1.05. The van der Waals surface area contributed by atoms with Crippen LogP contribution in [0.2, 0.25) is 0 Å². The van der Waals surface area contributed by atoms with Gasteiger partial charge in [0.1, 0.15) is 5.82 Å². The second-order valence-corrected chi connectivity index (χ2v) is 1.59. The van der Waals surface area contributed by atoms with E-state index in [9.17, 15) is 5.11 Å². The molecule has 1 heterocycles. The van der Waals surface area contributed by atoms with Crippen LogP contribution in [0.1, 0.15) is 5.82 Å². The van der Waals surface area contributed by atoms with Crippen LogP contribution >= 0.6 is 0 Å². The summed E-state index contributed by atoms with van der Waals surface area (Å²) >= 11 is 0. The van der Waals surface area contributed by atoms with Crippen molar-refractivity contribution >= 4 is 0 Å². The molecule has 44 valence electrons. The molecule has 0 saturated heterocycles. The van der Waals surface area contributed by atoms with Crippen LogP contribution in [0.15, 0.2) is 0 Å². The molecule has 1 aromatic rings. The van der Waals surface area contributed by atoms with E-state index in [1.54, 1.807) is 14.0 Å². The molecule has 0 spiro atoms. The average molecular weight is 245 g/mol. The Morgan fingerprint density at radius 1 is 1.44 bits per heavy atom. The Labute approximate surface area is 112 Å². The second-order valence-electron chi connectivity index (χ2n) is 1.59. The molecule has 0 fully saturated rings. The molecule has 0 bridgehead atoms. The van der Waals surface area contributed by atoms with E-state index >= 15 is 0 Å². The van der Waals surface area contributed by atoms with Gasteiger partial charge in [-0.25, -0.2) is 0 Å². The molecule has 9 heavy (non-hydrogen) atoms. The van der Waals surface area contributed by atoms with Crippen LogP contribution in [0.25, 0.3) is 0 Å². The van der Waals surface area contributed by atoms with Gasteiger partial charge in [-0.15, -0.1) is 10.2 Å². The van der Waals surface area contributed by atoms with Crippen molar-refractivity contribution in [3.8, 4) is 6.01 Å².